The lowest BCUT2D eigenvalue weighted by molar-refractivity contribution is 0.411. The van der Waals surface area contributed by atoms with E-state index in [-0.39, 0.29) is 5.82 Å². The summed E-state index contributed by atoms with van der Waals surface area (Å²) in [5, 5.41) is 6.94. The molecule has 1 aliphatic rings. The Morgan fingerprint density at radius 3 is 2.74 bits per heavy atom. The average molecular weight is 282 g/mol. The number of thiocarbonyl (C=S) groups is 1. The third-order valence-corrected chi connectivity index (χ3v) is 3.57. The number of nitrogens with one attached hydrogen (secondary N) is 2. The molecule has 0 spiro atoms. The molecule has 5 heteroatoms. The molecule has 1 fully saturated rings. The van der Waals surface area contributed by atoms with Crippen molar-refractivity contribution in [2.24, 2.45) is 0 Å². The van der Waals surface area contributed by atoms with Gasteiger partial charge in [-0.05, 0) is 37.2 Å². The molecule has 0 amide bonds. The highest BCUT2D eigenvalue weighted by atomic mass is 32.1. The smallest absolute Gasteiger partial charge is 0.171 e. The SMILES string of the molecule is COc1cc(F)ccc1NC(=S)NC1CCCCC1. The van der Waals surface area contributed by atoms with E-state index in [1.807, 2.05) is 0 Å². The van der Waals surface area contributed by atoms with Gasteiger partial charge in [-0.2, -0.15) is 0 Å². The van der Waals surface area contributed by atoms with Crippen LogP contribution >= 0.6 is 12.2 Å². The van der Waals surface area contributed by atoms with Gasteiger partial charge in [-0.25, -0.2) is 4.39 Å². The maximum absolute atomic E-state index is 13.1. The fourth-order valence-corrected chi connectivity index (χ4v) is 2.64. The molecule has 1 aromatic carbocycles. The Balaban J connectivity index is 1.94. The molecule has 0 aliphatic heterocycles. The van der Waals surface area contributed by atoms with Crippen LogP contribution in [-0.4, -0.2) is 18.3 Å². The molecule has 0 unspecified atom stereocenters. The number of anilines is 1. The molecule has 0 atom stereocenters. The van der Waals surface area contributed by atoms with Gasteiger partial charge in [-0.3, -0.25) is 0 Å². The van der Waals surface area contributed by atoms with Crippen molar-refractivity contribution in [2.75, 3.05) is 12.4 Å². The average Bonchev–Trinajstić information content (AvgIpc) is 2.42. The number of hydrogen-bond donors (Lipinski definition) is 2. The van der Waals surface area contributed by atoms with Crippen LogP contribution < -0.4 is 15.4 Å². The maximum atomic E-state index is 13.1. The second kappa shape index (κ2) is 6.70. The molecule has 1 saturated carbocycles. The molecule has 0 radical (unpaired) electrons. The largest absolute Gasteiger partial charge is 0.494 e. The molecule has 2 N–H and O–H groups in total. The fourth-order valence-electron chi connectivity index (χ4n) is 2.36. The van der Waals surface area contributed by atoms with E-state index in [2.05, 4.69) is 10.6 Å². The lowest BCUT2D eigenvalue weighted by atomic mass is 9.96. The minimum atomic E-state index is -0.325. The summed E-state index contributed by atoms with van der Waals surface area (Å²) in [6.45, 7) is 0. The van der Waals surface area contributed by atoms with E-state index in [9.17, 15) is 4.39 Å². The molecule has 3 nitrogen and oxygen atoms in total. The van der Waals surface area contributed by atoms with Crippen LogP contribution in [0.15, 0.2) is 18.2 Å². The van der Waals surface area contributed by atoms with Crippen molar-refractivity contribution in [3.05, 3.63) is 24.0 Å². The standard InChI is InChI=1S/C14H19FN2OS/c1-18-13-9-10(15)7-8-12(13)17-14(19)16-11-5-3-2-4-6-11/h7-9,11H,2-6H2,1H3,(H2,16,17,19). The molecule has 0 heterocycles. The van der Waals surface area contributed by atoms with Crippen LogP contribution in [0, 0.1) is 5.82 Å². The number of ether oxygens (including phenoxy) is 1. The van der Waals surface area contributed by atoms with Crippen LogP contribution in [0.2, 0.25) is 0 Å². The predicted octanol–water partition coefficient (Wildman–Crippen LogP) is 3.45. The zero-order chi connectivity index (χ0) is 13.7. The number of benzene rings is 1. The highest BCUT2D eigenvalue weighted by Gasteiger charge is 2.14. The summed E-state index contributed by atoms with van der Waals surface area (Å²) in [4.78, 5) is 0. The Bertz CT molecular complexity index is 447. The van der Waals surface area contributed by atoms with Gasteiger partial charge in [0.05, 0.1) is 12.8 Å². The summed E-state index contributed by atoms with van der Waals surface area (Å²) in [5.74, 6) is 0.126. The van der Waals surface area contributed by atoms with Gasteiger partial charge in [0.25, 0.3) is 0 Å². The third-order valence-electron chi connectivity index (χ3n) is 3.35. The van der Waals surface area contributed by atoms with Gasteiger partial charge >= 0.3 is 0 Å². The molecule has 104 valence electrons. The minimum Gasteiger partial charge on any atom is -0.494 e. The molecule has 2 rings (SSSR count). The first-order chi connectivity index (χ1) is 9.19. The van der Waals surface area contributed by atoms with E-state index >= 15 is 0 Å². The predicted molar refractivity (Wildman–Crippen MR) is 79.2 cm³/mol. The summed E-state index contributed by atoms with van der Waals surface area (Å²) in [5.41, 5.74) is 0.678. The van der Waals surface area contributed by atoms with E-state index in [0.29, 0.717) is 22.6 Å². The van der Waals surface area contributed by atoms with Crippen molar-refractivity contribution in [3.8, 4) is 5.75 Å². The van der Waals surface area contributed by atoms with Crippen LogP contribution in [0.1, 0.15) is 32.1 Å². The zero-order valence-corrected chi connectivity index (χ0v) is 11.9. The zero-order valence-electron chi connectivity index (χ0n) is 11.0. The van der Waals surface area contributed by atoms with E-state index in [0.717, 1.165) is 12.8 Å². The van der Waals surface area contributed by atoms with Crippen LogP contribution in [0.3, 0.4) is 0 Å². The normalized spacial score (nSPS) is 15.9. The summed E-state index contributed by atoms with van der Waals surface area (Å²) < 4.78 is 18.2. The van der Waals surface area contributed by atoms with Crippen molar-refractivity contribution < 1.29 is 9.13 Å². The van der Waals surface area contributed by atoms with Crippen molar-refractivity contribution in [1.82, 2.24) is 5.32 Å². The van der Waals surface area contributed by atoms with Crippen LogP contribution in [0.4, 0.5) is 10.1 Å². The van der Waals surface area contributed by atoms with Crippen LogP contribution in [-0.2, 0) is 0 Å². The number of hydrogen-bond acceptors (Lipinski definition) is 2. The molecular formula is C14H19FN2OS. The molecule has 0 aromatic heterocycles. The number of halogens is 1. The first kappa shape index (κ1) is 14.1. The van der Waals surface area contributed by atoms with Gasteiger partial charge in [0.1, 0.15) is 11.6 Å². The lowest BCUT2D eigenvalue weighted by Gasteiger charge is -2.24. The number of rotatable bonds is 3. The van der Waals surface area contributed by atoms with E-state index in [4.69, 9.17) is 17.0 Å². The Hall–Kier alpha value is -1.36. The van der Waals surface area contributed by atoms with Crippen LogP contribution in [0.5, 0.6) is 5.75 Å². The van der Waals surface area contributed by atoms with Crippen molar-refractivity contribution in [3.63, 3.8) is 0 Å². The lowest BCUT2D eigenvalue weighted by Crippen LogP contribution is -2.38. The Labute approximate surface area is 118 Å². The van der Waals surface area contributed by atoms with Gasteiger partial charge in [-0.15, -0.1) is 0 Å². The van der Waals surface area contributed by atoms with Crippen molar-refractivity contribution in [1.29, 1.82) is 0 Å². The summed E-state index contributed by atoms with van der Waals surface area (Å²) in [6, 6.07) is 4.79. The summed E-state index contributed by atoms with van der Waals surface area (Å²) >= 11 is 5.29. The highest BCUT2D eigenvalue weighted by Crippen LogP contribution is 2.25. The quantitative estimate of drug-likeness (QED) is 0.832. The topological polar surface area (TPSA) is 33.3 Å². The molecular weight excluding hydrogens is 263 g/mol. The van der Waals surface area contributed by atoms with Gasteiger partial charge in [0, 0.05) is 12.1 Å². The first-order valence-corrected chi connectivity index (χ1v) is 7.01. The second-order valence-electron chi connectivity index (χ2n) is 4.78. The molecule has 0 saturated heterocycles. The highest BCUT2D eigenvalue weighted by molar-refractivity contribution is 7.80. The Morgan fingerprint density at radius 1 is 1.32 bits per heavy atom. The van der Waals surface area contributed by atoms with Gasteiger partial charge in [0.15, 0.2) is 5.11 Å². The van der Waals surface area contributed by atoms with E-state index in [1.54, 1.807) is 6.07 Å². The van der Waals surface area contributed by atoms with E-state index < -0.39 is 0 Å². The monoisotopic (exact) mass is 282 g/mol. The number of methoxy groups -OCH3 is 1. The maximum Gasteiger partial charge on any atom is 0.171 e. The van der Waals surface area contributed by atoms with Crippen molar-refractivity contribution in [2.45, 2.75) is 38.1 Å². The molecule has 0 bridgehead atoms. The summed E-state index contributed by atoms with van der Waals surface area (Å²) in [6.07, 6.45) is 6.12. The molecule has 1 aromatic rings. The first-order valence-electron chi connectivity index (χ1n) is 6.60. The van der Waals surface area contributed by atoms with Gasteiger partial charge < -0.3 is 15.4 Å². The second-order valence-corrected chi connectivity index (χ2v) is 5.19. The van der Waals surface area contributed by atoms with Gasteiger partial charge in [0.2, 0.25) is 0 Å². The van der Waals surface area contributed by atoms with Crippen molar-refractivity contribution >= 4 is 23.0 Å². The fraction of sp³-hybridized carbons (Fsp3) is 0.500. The third kappa shape index (κ3) is 4.06. The molecule has 19 heavy (non-hydrogen) atoms. The minimum absolute atomic E-state index is 0.325. The summed E-state index contributed by atoms with van der Waals surface area (Å²) in [7, 11) is 1.51. The van der Waals surface area contributed by atoms with Gasteiger partial charge in [-0.1, -0.05) is 19.3 Å². The Morgan fingerprint density at radius 2 is 2.05 bits per heavy atom. The van der Waals surface area contributed by atoms with Crippen LogP contribution in [0.25, 0.3) is 0 Å². The van der Waals surface area contributed by atoms with E-state index in [1.165, 1.54) is 38.5 Å². The molecule has 1 aliphatic carbocycles. The Kier molecular flexibility index (Phi) is 4.96.